The van der Waals surface area contributed by atoms with Crippen LogP contribution in [0.3, 0.4) is 0 Å². The van der Waals surface area contributed by atoms with Gasteiger partial charge in [0.1, 0.15) is 11.5 Å². The lowest BCUT2D eigenvalue weighted by molar-refractivity contribution is 0.0929. The van der Waals surface area contributed by atoms with E-state index in [1.54, 1.807) is 23.1 Å². The number of amides is 1. The van der Waals surface area contributed by atoms with Crippen molar-refractivity contribution in [3.8, 4) is 6.07 Å². The molecule has 3 aromatic carbocycles. The standard InChI is InChI=1S/C26H22FN3O/c27-20-10-12-21(13-11-20)30-24(31)22-8-4-5-9-23(22)29-26(30)16-14-25(18-28,15-17-26)19-6-2-1-3-7-19/h1-13,29H,14-17H2. The third kappa shape index (κ3) is 3.07. The van der Waals surface area contributed by atoms with Gasteiger partial charge in [-0.05, 0) is 67.6 Å². The highest BCUT2D eigenvalue weighted by Crippen LogP contribution is 2.49. The van der Waals surface area contributed by atoms with Crippen LogP contribution >= 0.6 is 0 Å². The Bertz CT molecular complexity index is 1160. The zero-order valence-corrected chi connectivity index (χ0v) is 17.0. The largest absolute Gasteiger partial charge is 0.362 e. The molecule has 5 heteroatoms. The minimum absolute atomic E-state index is 0.106. The van der Waals surface area contributed by atoms with Crippen LogP contribution < -0.4 is 10.2 Å². The minimum Gasteiger partial charge on any atom is -0.362 e. The molecule has 1 aliphatic carbocycles. The van der Waals surface area contributed by atoms with Crippen LogP contribution in [-0.4, -0.2) is 11.6 Å². The van der Waals surface area contributed by atoms with Gasteiger partial charge in [0.15, 0.2) is 0 Å². The molecule has 1 aliphatic heterocycles. The zero-order chi connectivity index (χ0) is 21.5. The molecule has 2 aliphatic rings. The molecule has 4 nitrogen and oxygen atoms in total. The Hall–Kier alpha value is -3.65. The Kier molecular flexibility index (Phi) is 4.51. The van der Waals surface area contributed by atoms with Crippen molar-refractivity contribution < 1.29 is 9.18 Å². The number of rotatable bonds is 2. The van der Waals surface area contributed by atoms with Crippen LogP contribution in [0.4, 0.5) is 15.8 Å². The van der Waals surface area contributed by atoms with Gasteiger partial charge in [-0.3, -0.25) is 9.69 Å². The fourth-order valence-corrected chi connectivity index (χ4v) is 5.02. The molecule has 3 aromatic rings. The summed E-state index contributed by atoms with van der Waals surface area (Å²) in [7, 11) is 0. The maximum Gasteiger partial charge on any atom is 0.262 e. The third-order valence-corrected chi connectivity index (χ3v) is 6.71. The zero-order valence-electron chi connectivity index (χ0n) is 17.0. The Morgan fingerprint density at radius 2 is 1.52 bits per heavy atom. The maximum absolute atomic E-state index is 13.6. The van der Waals surface area contributed by atoms with Gasteiger partial charge in [0.25, 0.3) is 5.91 Å². The quantitative estimate of drug-likeness (QED) is 0.595. The first-order chi connectivity index (χ1) is 15.1. The van der Waals surface area contributed by atoms with Crippen molar-refractivity contribution in [2.45, 2.75) is 36.8 Å². The molecule has 0 aromatic heterocycles. The van der Waals surface area contributed by atoms with Crippen molar-refractivity contribution in [2.75, 3.05) is 10.2 Å². The minimum atomic E-state index is -0.668. The van der Waals surface area contributed by atoms with Crippen LogP contribution in [0.15, 0.2) is 78.9 Å². The molecule has 1 spiro atoms. The van der Waals surface area contributed by atoms with Crippen molar-refractivity contribution in [3.63, 3.8) is 0 Å². The van der Waals surface area contributed by atoms with E-state index < -0.39 is 11.1 Å². The van der Waals surface area contributed by atoms with E-state index in [1.165, 1.54) is 12.1 Å². The molecule has 1 heterocycles. The highest BCUT2D eigenvalue weighted by molar-refractivity contribution is 6.12. The van der Waals surface area contributed by atoms with Gasteiger partial charge < -0.3 is 5.32 Å². The molecule has 0 unspecified atom stereocenters. The van der Waals surface area contributed by atoms with Gasteiger partial charge in [0.2, 0.25) is 0 Å². The lowest BCUT2D eigenvalue weighted by Crippen LogP contribution is -2.63. The van der Waals surface area contributed by atoms with E-state index in [2.05, 4.69) is 11.4 Å². The molecule has 1 amide bonds. The third-order valence-electron chi connectivity index (χ3n) is 6.71. The topological polar surface area (TPSA) is 56.1 Å². The number of para-hydroxylation sites is 1. The Morgan fingerprint density at radius 3 is 2.19 bits per heavy atom. The van der Waals surface area contributed by atoms with Crippen LogP contribution in [0, 0.1) is 17.1 Å². The van der Waals surface area contributed by atoms with E-state index in [1.807, 2.05) is 48.5 Å². The second-order valence-electron chi connectivity index (χ2n) is 8.38. The van der Waals surface area contributed by atoms with Gasteiger partial charge in [0, 0.05) is 11.4 Å². The average molecular weight is 411 g/mol. The predicted octanol–water partition coefficient (Wildman–Crippen LogP) is 5.63. The molecule has 5 rings (SSSR count). The second-order valence-corrected chi connectivity index (χ2v) is 8.38. The Morgan fingerprint density at radius 1 is 0.871 bits per heavy atom. The molecule has 0 saturated heterocycles. The summed E-state index contributed by atoms with van der Waals surface area (Å²) in [4.78, 5) is 15.4. The van der Waals surface area contributed by atoms with E-state index in [4.69, 9.17) is 0 Å². The summed E-state index contributed by atoms with van der Waals surface area (Å²) in [6.07, 6.45) is 2.45. The van der Waals surface area contributed by atoms with Crippen LogP contribution in [-0.2, 0) is 5.41 Å². The number of fused-ring (bicyclic) bond motifs is 1. The van der Waals surface area contributed by atoms with Crippen molar-refractivity contribution in [2.24, 2.45) is 0 Å². The fourth-order valence-electron chi connectivity index (χ4n) is 5.02. The number of nitrogens with one attached hydrogen (secondary N) is 1. The summed E-state index contributed by atoms with van der Waals surface area (Å²) < 4.78 is 13.6. The van der Waals surface area contributed by atoms with Crippen molar-refractivity contribution in [1.29, 1.82) is 5.26 Å². The molecule has 1 fully saturated rings. The monoisotopic (exact) mass is 411 g/mol. The van der Waals surface area contributed by atoms with E-state index in [-0.39, 0.29) is 11.7 Å². The highest BCUT2D eigenvalue weighted by atomic mass is 19.1. The van der Waals surface area contributed by atoms with E-state index >= 15 is 0 Å². The van der Waals surface area contributed by atoms with E-state index in [0.29, 0.717) is 36.9 Å². The summed E-state index contributed by atoms with van der Waals surface area (Å²) in [5, 5.41) is 13.7. The Labute approximate surface area is 180 Å². The van der Waals surface area contributed by atoms with Crippen LogP contribution in [0.1, 0.15) is 41.6 Å². The number of benzene rings is 3. The number of carbonyl (C=O) groups is 1. The lowest BCUT2D eigenvalue weighted by atomic mass is 9.66. The summed E-state index contributed by atoms with van der Waals surface area (Å²) in [5.41, 5.74) is 1.81. The first-order valence-electron chi connectivity index (χ1n) is 10.5. The van der Waals surface area contributed by atoms with Gasteiger partial charge in [-0.1, -0.05) is 42.5 Å². The molecule has 1 saturated carbocycles. The SMILES string of the molecule is N#CC1(c2ccccc2)CCC2(CC1)Nc1ccccc1C(=O)N2c1ccc(F)cc1. The molecule has 154 valence electrons. The predicted molar refractivity (Wildman–Crippen MR) is 118 cm³/mol. The van der Waals surface area contributed by atoms with Crippen LogP contribution in [0.2, 0.25) is 0 Å². The average Bonchev–Trinajstić information content (AvgIpc) is 2.82. The van der Waals surface area contributed by atoms with Crippen molar-refractivity contribution in [3.05, 3.63) is 95.8 Å². The Balaban J connectivity index is 1.57. The summed E-state index contributed by atoms with van der Waals surface area (Å²) >= 11 is 0. The van der Waals surface area contributed by atoms with Gasteiger partial charge >= 0.3 is 0 Å². The summed E-state index contributed by atoms with van der Waals surface area (Å²) in [5.74, 6) is -0.447. The summed E-state index contributed by atoms with van der Waals surface area (Å²) in [6, 6.07) is 26.0. The van der Waals surface area contributed by atoms with Crippen molar-refractivity contribution >= 4 is 17.3 Å². The van der Waals surface area contributed by atoms with Gasteiger partial charge in [0.05, 0.1) is 17.0 Å². The number of nitrogens with zero attached hydrogens (tertiary/aromatic N) is 2. The number of hydrogen-bond donors (Lipinski definition) is 1. The van der Waals surface area contributed by atoms with Gasteiger partial charge in [-0.25, -0.2) is 4.39 Å². The van der Waals surface area contributed by atoms with E-state index in [9.17, 15) is 14.4 Å². The maximum atomic E-state index is 13.6. The number of nitriles is 1. The normalized spacial score (nSPS) is 24.9. The number of halogens is 1. The van der Waals surface area contributed by atoms with Gasteiger partial charge in [-0.15, -0.1) is 0 Å². The molecule has 1 N–H and O–H groups in total. The highest BCUT2D eigenvalue weighted by Gasteiger charge is 2.51. The molecule has 0 bridgehead atoms. The van der Waals surface area contributed by atoms with E-state index in [0.717, 1.165) is 11.3 Å². The number of hydrogen-bond acceptors (Lipinski definition) is 3. The molecular formula is C26H22FN3O. The second kappa shape index (κ2) is 7.24. The molecule has 0 atom stereocenters. The van der Waals surface area contributed by atoms with Crippen molar-refractivity contribution in [1.82, 2.24) is 0 Å². The number of anilines is 2. The summed E-state index contributed by atoms with van der Waals surface area (Å²) in [6.45, 7) is 0. The molecule has 0 radical (unpaired) electrons. The first kappa shape index (κ1) is 19.3. The molecule has 31 heavy (non-hydrogen) atoms. The number of carbonyl (C=O) groups excluding carboxylic acids is 1. The van der Waals surface area contributed by atoms with Gasteiger partial charge in [-0.2, -0.15) is 5.26 Å². The van der Waals surface area contributed by atoms with Crippen LogP contribution in [0.5, 0.6) is 0 Å². The molecular weight excluding hydrogens is 389 g/mol. The smallest absolute Gasteiger partial charge is 0.262 e. The lowest BCUT2D eigenvalue weighted by Gasteiger charge is -2.53. The first-order valence-corrected chi connectivity index (χ1v) is 10.5. The fraction of sp³-hybridized carbons (Fsp3) is 0.231. The van der Waals surface area contributed by atoms with Crippen LogP contribution in [0.25, 0.3) is 0 Å².